The highest BCUT2D eigenvalue weighted by Crippen LogP contribution is 2.22. The zero-order valence-electron chi connectivity index (χ0n) is 10.9. The molecular formula is C13H16IN3O2. The second-order valence-electron chi connectivity index (χ2n) is 4.48. The molecule has 0 aliphatic carbocycles. The average molecular weight is 373 g/mol. The SMILES string of the molecule is CCOCC(C)(N)c1noc(-c2ccc(I)cc2)n1. The molecule has 0 radical (unpaired) electrons. The van der Waals surface area contributed by atoms with E-state index in [0.29, 0.717) is 24.9 Å². The first kappa shape index (κ1) is 14.4. The van der Waals surface area contributed by atoms with Gasteiger partial charge in [-0.2, -0.15) is 4.98 Å². The fourth-order valence-corrected chi connectivity index (χ4v) is 1.90. The van der Waals surface area contributed by atoms with E-state index in [1.54, 1.807) is 0 Å². The molecule has 1 atom stereocenters. The minimum Gasteiger partial charge on any atom is -0.379 e. The lowest BCUT2D eigenvalue weighted by Crippen LogP contribution is -2.39. The summed E-state index contributed by atoms with van der Waals surface area (Å²) in [5, 5.41) is 3.95. The normalized spacial score (nSPS) is 14.3. The second-order valence-corrected chi connectivity index (χ2v) is 5.73. The molecule has 0 fully saturated rings. The van der Waals surface area contributed by atoms with Gasteiger partial charge in [-0.05, 0) is 60.7 Å². The Balaban J connectivity index is 2.21. The summed E-state index contributed by atoms with van der Waals surface area (Å²) < 4.78 is 11.7. The molecule has 0 bridgehead atoms. The van der Waals surface area contributed by atoms with Crippen LogP contribution in [0, 0.1) is 3.57 Å². The maximum absolute atomic E-state index is 6.13. The number of benzene rings is 1. The Bertz CT molecular complexity index is 537. The molecule has 1 heterocycles. The summed E-state index contributed by atoms with van der Waals surface area (Å²) in [5.41, 5.74) is 6.26. The highest BCUT2D eigenvalue weighted by molar-refractivity contribution is 14.1. The maximum Gasteiger partial charge on any atom is 0.257 e. The molecule has 5 nitrogen and oxygen atoms in total. The van der Waals surface area contributed by atoms with Crippen LogP contribution in [0.5, 0.6) is 0 Å². The van der Waals surface area contributed by atoms with Gasteiger partial charge in [-0.25, -0.2) is 0 Å². The van der Waals surface area contributed by atoms with E-state index in [-0.39, 0.29) is 0 Å². The van der Waals surface area contributed by atoms with E-state index in [2.05, 4.69) is 32.7 Å². The molecule has 0 aliphatic rings. The van der Waals surface area contributed by atoms with E-state index in [9.17, 15) is 0 Å². The Kier molecular flexibility index (Phi) is 4.54. The van der Waals surface area contributed by atoms with Crippen molar-refractivity contribution in [2.24, 2.45) is 5.73 Å². The monoisotopic (exact) mass is 373 g/mol. The number of halogens is 1. The molecule has 0 amide bonds. The summed E-state index contributed by atoms with van der Waals surface area (Å²) in [6.45, 7) is 4.71. The lowest BCUT2D eigenvalue weighted by molar-refractivity contribution is 0.0962. The summed E-state index contributed by atoms with van der Waals surface area (Å²) in [6.07, 6.45) is 0. The first-order valence-electron chi connectivity index (χ1n) is 5.99. The fraction of sp³-hybridized carbons (Fsp3) is 0.385. The molecule has 6 heteroatoms. The first-order valence-corrected chi connectivity index (χ1v) is 7.07. The Labute approximate surface area is 125 Å². The van der Waals surface area contributed by atoms with Gasteiger partial charge < -0.3 is 15.0 Å². The van der Waals surface area contributed by atoms with E-state index >= 15 is 0 Å². The van der Waals surface area contributed by atoms with Crippen molar-refractivity contribution in [3.8, 4) is 11.5 Å². The molecule has 2 rings (SSSR count). The number of rotatable bonds is 5. The van der Waals surface area contributed by atoms with Crippen LogP contribution >= 0.6 is 22.6 Å². The number of nitrogens with two attached hydrogens (primary N) is 1. The van der Waals surface area contributed by atoms with Gasteiger partial charge in [0.2, 0.25) is 0 Å². The van der Waals surface area contributed by atoms with E-state index in [4.69, 9.17) is 15.0 Å². The third-order valence-electron chi connectivity index (χ3n) is 2.63. The molecule has 1 unspecified atom stereocenters. The number of hydrogen-bond donors (Lipinski definition) is 1. The summed E-state index contributed by atoms with van der Waals surface area (Å²) in [5.74, 6) is 0.925. The van der Waals surface area contributed by atoms with Crippen LogP contribution in [0.25, 0.3) is 11.5 Å². The van der Waals surface area contributed by atoms with Crippen LogP contribution < -0.4 is 5.73 Å². The van der Waals surface area contributed by atoms with Crippen LogP contribution in [0.3, 0.4) is 0 Å². The van der Waals surface area contributed by atoms with Crippen molar-refractivity contribution >= 4 is 22.6 Å². The van der Waals surface area contributed by atoms with E-state index < -0.39 is 5.54 Å². The summed E-state index contributed by atoms with van der Waals surface area (Å²) >= 11 is 2.25. The van der Waals surface area contributed by atoms with E-state index in [1.165, 1.54) is 0 Å². The number of aromatic nitrogens is 2. The van der Waals surface area contributed by atoms with Gasteiger partial charge in [-0.3, -0.25) is 0 Å². The lowest BCUT2D eigenvalue weighted by atomic mass is 10.1. The zero-order valence-corrected chi connectivity index (χ0v) is 13.0. The lowest BCUT2D eigenvalue weighted by Gasteiger charge is -2.19. The first-order chi connectivity index (χ1) is 9.03. The van der Waals surface area contributed by atoms with Crippen molar-refractivity contribution in [3.05, 3.63) is 33.7 Å². The minimum atomic E-state index is -0.749. The van der Waals surface area contributed by atoms with Gasteiger partial charge in [0, 0.05) is 15.7 Å². The van der Waals surface area contributed by atoms with Gasteiger partial charge in [0.05, 0.1) is 6.61 Å². The Hall–Kier alpha value is -0.990. The highest BCUT2D eigenvalue weighted by Gasteiger charge is 2.28. The standard InChI is InChI=1S/C13H16IN3O2/c1-3-18-8-13(2,15)12-16-11(19-17-12)9-4-6-10(14)7-5-9/h4-7H,3,8,15H2,1-2H3. The summed E-state index contributed by atoms with van der Waals surface area (Å²) in [6, 6.07) is 7.86. The summed E-state index contributed by atoms with van der Waals surface area (Å²) in [7, 11) is 0. The molecule has 0 spiro atoms. The number of ether oxygens (including phenoxy) is 1. The molecule has 1 aromatic heterocycles. The molecule has 102 valence electrons. The predicted octanol–water partition coefficient (Wildman–Crippen LogP) is 2.55. The fourth-order valence-electron chi connectivity index (χ4n) is 1.54. The zero-order chi connectivity index (χ0) is 13.9. The van der Waals surface area contributed by atoms with Crippen LogP contribution in [-0.2, 0) is 10.3 Å². The van der Waals surface area contributed by atoms with Crippen LogP contribution in [0.4, 0.5) is 0 Å². The number of hydrogen-bond acceptors (Lipinski definition) is 5. The summed E-state index contributed by atoms with van der Waals surface area (Å²) in [4.78, 5) is 4.35. The van der Waals surface area contributed by atoms with Crippen molar-refractivity contribution in [2.45, 2.75) is 19.4 Å². The molecular weight excluding hydrogens is 357 g/mol. The van der Waals surface area contributed by atoms with Crippen molar-refractivity contribution in [3.63, 3.8) is 0 Å². The van der Waals surface area contributed by atoms with Crippen molar-refractivity contribution < 1.29 is 9.26 Å². The average Bonchev–Trinajstić information content (AvgIpc) is 2.88. The third-order valence-corrected chi connectivity index (χ3v) is 3.35. The smallest absolute Gasteiger partial charge is 0.257 e. The van der Waals surface area contributed by atoms with Gasteiger partial charge in [-0.1, -0.05) is 5.16 Å². The van der Waals surface area contributed by atoms with Crippen LogP contribution in [0.15, 0.2) is 28.8 Å². The molecule has 0 saturated heterocycles. The van der Waals surface area contributed by atoms with Gasteiger partial charge in [0.15, 0.2) is 5.82 Å². The van der Waals surface area contributed by atoms with Gasteiger partial charge in [-0.15, -0.1) is 0 Å². The molecule has 2 aromatic rings. The minimum absolute atomic E-state index is 0.356. The van der Waals surface area contributed by atoms with Crippen LogP contribution in [0.1, 0.15) is 19.7 Å². The molecule has 19 heavy (non-hydrogen) atoms. The second kappa shape index (κ2) is 5.98. The Morgan fingerprint density at radius 1 is 1.37 bits per heavy atom. The van der Waals surface area contributed by atoms with Gasteiger partial charge >= 0.3 is 0 Å². The van der Waals surface area contributed by atoms with Crippen LogP contribution in [0.2, 0.25) is 0 Å². The van der Waals surface area contributed by atoms with Gasteiger partial charge in [0.1, 0.15) is 5.54 Å². The van der Waals surface area contributed by atoms with Crippen molar-refractivity contribution in [1.29, 1.82) is 0 Å². The van der Waals surface area contributed by atoms with Gasteiger partial charge in [0.25, 0.3) is 5.89 Å². The molecule has 0 aliphatic heterocycles. The highest BCUT2D eigenvalue weighted by atomic mass is 127. The number of nitrogens with zero attached hydrogens (tertiary/aromatic N) is 2. The van der Waals surface area contributed by atoms with Crippen molar-refractivity contribution in [2.75, 3.05) is 13.2 Å². The molecule has 2 N–H and O–H groups in total. The topological polar surface area (TPSA) is 74.2 Å². The van der Waals surface area contributed by atoms with E-state index in [1.807, 2.05) is 38.1 Å². The largest absolute Gasteiger partial charge is 0.379 e. The predicted molar refractivity (Wildman–Crippen MR) is 80.5 cm³/mol. The van der Waals surface area contributed by atoms with Crippen molar-refractivity contribution in [1.82, 2.24) is 10.1 Å². The third kappa shape index (κ3) is 3.52. The Morgan fingerprint density at radius 3 is 2.68 bits per heavy atom. The molecule has 1 aromatic carbocycles. The van der Waals surface area contributed by atoms with Crippen LogP contribution in [-0.4, -0.2) is 23.4 Å². The quantitative estimate of drug-likeness (QED) is 0.816. The Morgan fingerprint density at radius 2 is 2.05 bits per heavy atom. The molecule has 0 saturated carbocycles. The maximum atomic E-state index is 6.13. The van der Waals surface area contributed by atoms with E-state index in [0.717, 1.165) is 9.13 Å².